The van der Waals surface area contributed by atoms with Crippen LogP contribution in [-0.2, 0) is 16.1 Å². The zero-order valence-corrected chi connectivity index (χ0v) is 14.4. The van der Waals surface area contributed by atoms with Crippen LogP contribution in [0.1, 0.15) is 51.5 Å². The summed E-state index contributed by atoms with van der Waals surface area (Å²) >= 11 is 0. The predicted octanol–water partition coefficient (Wildman–Crippen LogP) is 3.89. The van der Waals surface area contributed by atoms with Crippen molar-refractivity contribution in [1.82, 2.24) is 15.0 Å². The number of nitrogens with zero attached hydrogens (tertiary/aromatic N) is 3. The Hall–Kier alpha value is -1.91. The lowest BCUT2D eigenvalue weighted by Crippen LogP contribution is -2.15. The first kappa shape index (κ1) is 17.4. The number of hydrogen-bond donors (Lipinski definition) is 0. The first-order valence-electron chi connectivity index (χ1n) is 8.59. The van der Waals surface area contributed by atoms with Gasteiger partial charge in [-0.1, -0.05) is 44.4 Å². The predicted molar refractivity (Wildman–Crippen MR) is 91.1 cm³/mol. The fourth-order valence-electron chi connectivity index (χ4n) is 2.63. The van der Waals surface area contributed by atoms with Crippen LogP contribution in [0.2, 0.25) is 0 Å². The summed E-state index contributed by atoms with van der Waals surface area (Å²) in [5, 5.41) is 8.26. The molecule has 5 nitrogen and oxygen atoms in total. The molecule has 1 aromatic heterocycles. The van der Waals surface area contributed by atoms with E-state index in [1.54, 1.807) is 4.68 Å². The summed E-state index contributed by atoms with van der Waals surface area (Å²) in [6.07, 6.45) is 4.90. The number of ether oxygens (including phenoxy) is 1. The van der Waals surface area contributed by atoms with Crippen molar-refractivity contribution < 1.29 is 9.53 Å². The second-order valence-electron chi connectivity index (χ2n) is 6.15. The fraction of sp³-hybridized carbons (Fsp3) is 0.611. The Kier molecular flexibility index (Phi) is 6.56. The van der Waals surface area contributed by atoms with E-state index in [9.17, 15) is 4.79 Å². The van der Waals surface area contributed by atoms with Crippen molar-refractivity contribution >= 4 is 17.0 Å². The van der Waals surface area contributed by atoms with Crippen molar-refractivity contribution in [1.29, 1.82) is 0 Å². The highest BCUT2D eigenvalue weighted by Crippen LogP contribution is 2.15. The largest absolute Gasteiger partial charge is 0.465 e. The van der Waals surface area contributed by atoms with Gasteiger partial charge in [-0.05, 0) is 37.0 Å². The Morgan fingerprint density at radius 3 is 2.91 bits per heavy atom. The summed E-state index contributed by atoms with van der Waals surface area (Å²) in [6.45, 7) is 7.40. The number of hydrogen-bond acceptors (Lipinski definition) is 4. The maximum atomic E-state index is 11.9. The number of carbonyl (C=O) groups is 1. The molecule has 5 heteroatoms. The first-order valence-corrected chi connectivity index (χ1v) is 8.59. The smallest absolute Gasteiger partial charge is 0.307 e. The second-order valence-corrected chi connectivity index (χ2v) is 6.15. The van der Waals surface area contributed by atoms with E-state index in [1.165, 1.54) is 12.8 Å². The van der Waals surface area contributed by atoms with Crippen molar-refractivity contribution in [3.63, 3.8) is 0 Å². The fourth-order valence-corrected chi connectivity index (χ4v) is 2.63. The van der Waals surface area contributed by atoms with Crippen LogP contribution in [0, 0.1) is 12.8 Å². The van der Waals surface area contributed by atoms with Gasteiger partial charge in [0, 0.05) is 0 Å². The molecule has 0 N–H and O–H groups in total. The third-order valence-corrected chi connectivity index (χ3v) is 4.22. The number of aryl methyl sites for hydroxylation is 2. The van der Waals surface area contributed by atoms with Crippen LogP contribution < -0.4 is 0 Å². The summed E-state index contributed by atoms with van der Waals surface area (Å²) < 4.78 is 7.19. The maximum Gasteiger partial charge on any atom is 0.307 e. The number of benzene rings is 1. The molecule has 126 valence electrons. The molecule has 0 saturated carbocycles. The molecule has 2 rings (SSSR count). The molecule has 1 aromatic carbocycles. The molecule has 23 heavy (non-hydrogen) atoms. The monoisotopic (exact) mass is 317 g/mol. The lowest BCUT2D eigenvalue weighted by Gasteiger charge is -2.14. The van der Waals surface area contributed by atoms with Gasteiger partial charge in [-0.25, -0.2) is 4.68 Å². The van der Waals surface area contributed by atoms with Crippen molar-refractivity contribution in [2.24, 2.45) is 5.92 Å². The molecule has 0 aliphatic carbocycles. The average molecular weight is 317 g/mol. The van der Waals surface area contributed by atoms with Crippen molar-refractivity contribution in [3.05, 3.63) is 23.8 Å². The van der Waals surface area contributed by atoms with E-state index >= 15 is 0 Å². The van der Waals surface area contributed by atoms with Gasteiger partial charge in [-0.15, -0.1) is 5.10 Å². The van der Waals surface area contributed by atoms with Crippen LogP contribution in [0.15, 0.2) is 18.2 Å². The summed E-state index contributed by atoms with van der Waals surface area (Å²) in [5.41, 5.74) is 2.98. The molecule has 1 atom stereocenters. The maximum absolute atomic E-state index is 11.9. The van der Waals surface area contributed by atoms with Crippen LogP contribution in [-0.4, -0.2) is 27.6 Å². The normalized spacial score (nSPS) is 12.5. The average Bonchev–Trinajstić information content (AvgIpc) is 2.95. The Morgan fingerprint density at radius 1 is 1.35 bits per heavy atom. The van der Waals surface area contributed by atoms with Gasteiger partial charge in [0.05, 0.1) is 25.1 Å². The Morgan fingerprint density at radius 2 is 2.17 bits per heavy atom. The van der Waals surface area contributed by atoms with Gasteiger partial charge in [0.1, 0.15) is 5.52 Å². The minimum absolute atomic E-state index is 0.157. The standard InChI is InChI=1S/C18H27N3O2/c1-4-6-7-15(5-2)13-23-18(22)10-11-21-17-9-8-14(3)12-16(17)19-20-21/h8-9,12,15H,4-7,10-11,13H2,1-3H3. The van der Waals surface area contributed by atoms with Crippen molar-refractivity contribution in [2.45, 2.75) is 59.4 Å². The van der Waals surface area contributed by atoms with E-state index in [-0.39, 0.29) is 5.97 Å². The van der Waals surface area contributed by atoms with E-state index in [0.717, 1.165) is 29.4 Å². The van der Waals surface area contributed by atoms with E-state index < -0.39 is 0 Å². The Bertz CT molecular complexity index is 636. The molecule has 1 unspecified atom stereocenters. The topological polar surface area (TPSA) is 57.0 Å². The van der Waals surface area contributed by atoms with E-state index in [1.807, 2.05) is 25.1 Å². The zero-order valence-electron chi connectivity index (χ0n) is 14.4. The molecule has 1 heterocycles. The van der Waals surface area contributed by atoms with Gasteiger partial charge < -0.3 is 4.74 Å². The highest BCUT2D eigenvalue weighted by molar-refractivity contribution is 5.75. The Labute approximate surface area is 138 Å². The van der Waals surface area contributed by atoms with Gasteiger partial charge in [0.2, 0.25) is 0 Å². The molecule has 0 aliphatic heterocycles. The quantitative estimate of drug-likeness (QED) is 0.658. The lowest BCUT2D eigenvalue weighted by atomic mass is 10.0. The van der Waals surface area contributed by atoms with Gasteiger partial charge in [-0.2, -0.15) is 0 Å². The number of aromatic nitrogens is 3. The van der Waals surface area contributed by atoms with Crippen LogP contribution in [0.25, 0.3) is 11.0 Å². The van der Waals surface area contributed by atoms with E-state index in [2.05, 4.69) is 24.2 Å². The SMILES string of the molecule is CCCCC(CC)COC(=O)CCn1nnc2cc(C)ccc21. The number of fused-ring (bicyclic) bond motifs is 1. The lowest BCUT2D eigenvalue weighted by molar-refractivity contribution is -0.145. The van der Waals surface area contributed by atoms with Gasteiger partial charge in [-0.3, -0.25) is 4.79 Å². The molecule has 0 saturated heterocycles. The zero-order chi connectivity index (χ0) is 16.7. The van der Waals surface area contributed by atoms with Gasteiger partial charge in [0.25, 0.3) is 0 Å². The summed E-state index contributed by atoms with van der Waals surface area (Å²) in [6, 6.07) is 6.02. The molecular formula is C18H27N3O2. The van der Waals surface area contributed by atoms with E-state index in [4.69, 9.17) is 4.74 Å². The first-order chi connectivity index (χ1) is 11.1. The second kappa shape index (κ2) is 8.65. The minimum atomic E-state index is -0.157. The van der Waals surface area contributed by atoms with Crippen LogP contribution in [0.4, 0.5) is 0 Å². The van der Waals surface area contributed by atoms with E-state index in [0.29, 0.717) is 25.5 Å². The number of unbranched alkanes of at least 4 members (excludes halogenated alkanes) is 1. The van der Waals surface area contributed by atoms with Gasteiger partial charge >= 0.3 is 5.97 Å². The highest BCUT2D eigenvalue weighted by Gasteiger charge is 2.11. The summed E-state index contributed by atoms with van der Waals surface area (Å²) in [7, 11) is 0. The molecule has 0 aliphatic rings. The molecule has 2 aromatic rings. The molecular weight excluding hydrogens is 290 g/mol. The third-order valence-electron chi connectivity index (χ3n) is 4.22. The minimum Gasteiger partial charge on any atom is -0.465 e. The van der Waals surface area contributed by atoms with Crippen LogP contribution in [0.5, 0.6) is 0 Å². The molecule has 0 spiro atoms. The third kappa shape index (κ3) is 5.05. The van der Waals surface area contributed by atoms with Crippen LogP contribution >= 0.6 is 0 Å². The highest BCUT2D eigenvalue weighted by atomic mass is 16.5. The number of carbonyl (C=O) groups excluding carboxylic acids is 1. The van der Waals surface area contributed by atoms with Gasteiger partial charge in [0.15, 0.2) is 0 Å². The van der Waals surface area contributed by atoms with Crippen molar-refractivity contribution in [3.8, 4) is 0 Å². The Balaban J connectivity index is 1.81. The van der Waals surface area contributed by atoms with Crippen LogP contribution in [0.3, 0.4) is 0 Å². The molecule has 0 bridgehead atoms. The summed E-state index contributed by atoms with van der Waals surface area (Å²) in [4.78, 5) is 11.9. The molecule has 0 radical (unpaired) electrons. The molecule has 0 amide bonds. The number of esters is 1. The summed E-state index contributed by atoms with van der Waals surface area (Å²) in [5.74, 6) is 0.324. The molecule has 0 fully saturated rings. The van der Waals surface area contributed by atoms with Crippen molar-refractivity contribution in [2.75, 3.05) is 6.61 Å². The number of rotatable bonds is 9.